The summed E-state index contributed by atoms with van der Waals surface area (Å²) in [5.74, 6) is -2.11. The Bertz CT molecular complexity index is 640. The van der Waals surface area contributed by atoms with Crippen molar-refractivity contribution in [1.29, 1.82) is 0 Å². The van der Waals surface area contributed by atoms with E-state index in [1.807, 2.05) is 0 Å². The zero-order valence-electron chi connectivity index (χ0n) is 12.4. The van der Waals surface area contributed by atoms with Crippen molar-refractivity contribution in [2.45, 2.75) is 24.3 Å². The lowest BCUT2D eigenvalue weighted by Gasteiger charge is -2.15. The first-order valence-corrected chi connectivity index (χ1v) is 8.33. The summed E-state index contributed by atoms with van der Waals surface area (Å²) in [6.45, 7) is 1.50. The number of carboxylic acid groups (broad SMARTS) is 1. The van der Waals surface area contributed by atoms with E-state index in [0.29, 0.717) is 6.42 Å². The Balaban J connectivity index is 3.12. The molecule has 0 heterocycles. The second-order valence-corrected chi connectivity index (χ2v) is 6.71. The number of aliphatic carboxylic acids is 1. The van der Waals surface area contributed by atoms with Crippen LogP contribution in [0.5, 0.6) is 0 Å². The lowest BCUT2D eigenvalue weighted by molar-refractivity contribution is -0.140. The molecule has 1 rings (SSSR count). The van der Waals surface area contributed by atoms with Gasteiger partial charge >= 0.3 is 5.97 Å². The van der Waals surface area contributed by atoms with Crippen molar-refractivity contribution in [2.24, 2.45) is 0 Å². The Morgan fingerprint density at radius 3 is 2.50 bits per heavy atom. The third-order valence-electron chi connectivity index (χ3n) is 2.88. The predicted octanol–water partition coefficient (Wildman–Crippen LogP) is 0.700. The van der Waals surface area contributed by atoms with Crippen molar-refractivity contribution >= 4 is 21.7 Å². The van der Waals surface area contributed by atoms with Crippen molar-refractivity contribution in [2.75, 3.05) is 19.5 Å². The fourth-order valence-corrected chi connectivity index (χ4v) is 3.42. The predicted molar refractivity (Wildman–Crippen MR) is 79.6 cm³/mol. The van der Waals surface area contributed by atoms with Crippen LogP contribution >= 0.6 is 0 Å². The zero-order valence-corrected chi connectivity index (χ0v) is 13.2. The van der Waals surface area contributed by atoms with Crippen LogP contribution in [0.1, 0.15) is 23.7 Å². The molecule has 22 heavy (non-hydrogen) atoms. The molecule has 0 aliphatic heterocycles. The normalized spacial score (nSPS) is 12.6. The Labute approximate surface area is 129 Å². The molecule has 1 atom stereocenters. The molecule has 0 aliphatic carbocycles. The third-order valence-corrected chi connectivity index (χ3v) is 4.85. The molecule has 0 saturated carbocycles. The van der Waals surface area contributed by atoms with Gasteiger partial charge in [-0.3, -0.25) is 4.79 Å². The highest BCUT2D eigenvalue weighted by Crippen LogP contribution is 2.18. The standard InChI is InChI=1S/C14H19NO6S/c1-3-8-22(19,20)12-7-5-4-6-10(12)13(16)15-11(9-21-2)14(17)18/h4-7,11H,3,8-9H2,1-2H3,(H,15,16)(H,17,18). The molecule has 7 nitrogen and oxygen atoms in total. The van der Waals surface area contributed by atoms with Crippen LogP contribution in [-0.4, -0.2) is 50.9 Å². The quantitative estimate of drug-likeness (QED) is 0.726. The lowest BCUT2D eigenvalue weighted by atomic mass is 10.2. The first-order valence-electron chi connectivity index (χ1n) is 6.67. The molecule has 0 aromatic heterocycles. The van der Waals surface area contributed by atoms with Gasteiger partial charge in [-0.25, -0.2) is 13.2 Å². The number of hydrogen-bond acceptors (Lipinski definition) is 5. The van der Waals surface area contributed by atoms with Gasteiger partial charge in [0.25, 0.3) is 5.91 Å². The second kappa shape index (κ2) is 7.90. The fourth-order valence-electron chi connectivity index (χ4n) is 1.88. The van der Waals surface area contributed by atoms with E-state index >= 15 is 0 Å². The van der Waals surface area contributed by atoms with E-state index in [4.69, 9.17) is 9.84 Å². The molecule has 0 bridgehead atoms. The highest BCUT2D eigenvalue weighted by atomic mass is 32.2. The molecule has 0 fully saturated rings. The maximum absolute atomic E-state index is 12.2. The summed E-state index contributed by atoms with van der Waals surface area (Å²) in [5.41, 5.74) is -0.0710. The van der Waals surface area contributed by atoms with Gasteiger partial charge in [0.15, 0.2) is 15.9 Å². The number of ether oxygens (including phenoxy) is 1. The fraction of sp³-hybridized carbons (Fsp3) is 0.429. The molecular weight excluding hydrogens is 310 g/mol. The molecule has 122 valence electrons. The minimum Gasteiger partial charge on any atom is -0.480 e. The molecule has 0 aliphatic rings. The van der Waals surface area contributed by atoms with Crippen LogP contribution in [0.4, 0.5) is 0 Å². The number of rotatable bonds is 8. The third kappa shape index (κ3) is 4.54. The van der Waals surface area contributed by atoms with E-state index in [9.17, 15) is 18.0 Å². The number of carbonyl (C=O) groups is 2. The van der Waals surface area contributed by atoms with Crippen molar-refractivity contribution in [3.05, 3.63) is 29.8 Å². The summed E-state index contributed by atoms with van der Waals surface area (Å²) in [6, 6.07) is 4.48. The van der Waals surface area contributed by atoms with Crippen LogP contribution in [0.3, 0.4) is 0 Å². The number of nitrogens with one attached hydrogen (secondary N) is 1. The molecule has 0 saturated heterocycles. The summed E-state index contributed by atoms with van der Waals surface area (Å²) in [7, 11) is -2.29. The molecule has 0 spiro atoms. The molecular formula is C14H19NO6S. The highest BCUT2D eigenvalue weighted by molar-refractivity contribution is 7.91. The Hall–Kier alpha value is -1.93. The molecule has 1 aromatic rings. The summed E-state index contributed by atoms with van der Waals surface area (Å²) >= 11 is 0. The molecule has 8 heteroatoms. The molecule has 2 N–H and O–H groups in total. The molecule has 1 amide bonds. The number of sulfone groups is 1. The Morgan fingerprint density at radius 1 is 1.32 bits per heavy atom. The van der Waals surface area contributed by atoms with E-state index in [1.54, 1.807) is 6.92 Å². The number of benzene rings is 1. The van der Waals surface area contributed by atoms with Gasteiger partial charge in [0.1, 0.15) is 0 Å². The van der Waals surface area contributed by atoms with Crippen molar-refractivity contribution in [1.82, 2.24) is 5.32 Å². The van der Waals surface area contributed by atoms with Crippen LogP contribution in [0, 0.1) is 0 Å². The van der Waals surface area contributed by atoms with Gasteiger partial charge in [0.2, 0.25) is 0 Å². The van der Waals surface area contributed by atoms with Gasteiger partial charge < -0.3 is 15.2 Å². The summed E-state index contributed by atoms with van der Waals surface area (Å²) in [6.07, 6.45) is 0.416. The van der Waals surface area contributed by atoms with Crippen LogP contribution in [-0.2, 0) is 19.4 Å². The highest BCUT2D eigenvalue weighted by Gasteiger charge is 2.25. The first kappa shape index (κ1) is 18.1. The van der Waals surface area contributed by atoms with Gasteiger partial charge in [0.05, 0.1) is 22.8 Å². The maximum atomic E-state index is 12.2. The number of carbonyl (C=O) groups excluding carboxylic acids is 1. The Kier molecular flexibility index (Phi) is 6.51. The molecule has 1 unspecified atom stereocenters. The number of amides is 1. The minimum atomic E-state index is -3.59. The van der Waals surface area contributed by atoms with Crippen LogP contribution in [0.15, 0.2) is 29.2 Å². The number of hydrogen-bond donors (Lipinski definition) is 2. The monoisotopic (exact) mass is 329 g/mol. The summed E-state index contributed by atoms with van der Waals surface area (Å²) < 4.78 is 29.1. The van der Waals surface area contributed by atoms with Gasteiger partial charge in [-0.15, -0.1) is 0 Å². The Morgan fingerprint density at radius 2 is 1.95 bits per heavy atom. The van der Waals surface area contributed by atoms with Gasteiger partial charge in [-0.05, 0) is 18.6 Å². The largest absolute Gasteiger partial charge is 0.480 e. The average Bonchev–Trinajstić information content (AvgIpc) is 2.46. The van der Waals surface area contributed by atoms with E-state index in [2.05, 4.69) is 5.32 Å². The van der Waals surface area contributed by atoms with Crippen molar-refractivity contribution < 1.29 is 27.9 Å². The van der Waals surface area contributed by atoms with Gasteiger partial charge in [-0.2, -0.15) is 0 Å². The van der Waals surface area contributed by atoms with Gasteiger partial charge in [-0.1, -0.05) is 19.1 Å². The van der Waals surface area contributed by atoms with Crippen LogP contribution < -0.4 is 5.32 Å². The van der Waals surface area contributed by atoms with E-state index in [1.165, 1.54) is 31.4 Å². The maximum Gasteiger partial charge on any atom is 0.328 e. The smallest absolute Gasteiger partial charge is 0.328 e. The lowest BCUT2D eigenvalue weighted by Crippen LogP contribution is -2.44. The van der Waals surface area contributed by atoms with Crippen LogP contribution in [0.2, 0.25) is 0 Å². The molecule has 1 aromatic carbocycles. The SMILES string of the molecule is CCCS(=O)(=O)c1ccccc1C(=O)NC(COC)C(=O)O. The second-order valence-electron chi connectivity index (χ2n) is 4.63. The summed E-state index contributed by atoms with van der Waals surface area (Å²) in [4.78, 5) is 23.1. The van der Waals surface area contributed by atoms with E-state index in [0.717, 1.165) is 0 Å². The number of methoxy groups -OCH3 is 1. The van der Waals surface area contributed by atoms with Crippen LogP contribution in [0.25, 0.3) is 0 Å². The van der Waals surface area contributed by atoms with E-state index in [-0.39, 0.29) is 22.8 Å². The van der Waals surface area contributed by atoms with Crippen molar-refractivity contribution in [3.8, 4) is 0 Å². The number of carboxylic acids is 1. The minimum absolute atomic E-state index is 0.0710. The zero-order chi connectivity index (χ0) is 16.8. The average molecular weight is 329 g/mol. The summed E-state index contributed by atoms with van der Waals surface area (Å²) in [5, 5.41) is 11.3. The first-order chi connectivity index (χ1) is 10.3. The van der Waals surface area contributed by atoms with Crippen molar-refractivity contribution in [3.63, 3.8) is 0 Å². The molecule has 0 radical (unpaired) electrons. The van der Waals surface area contributed by atoms with E-state index < -0.39 is 27.8 Å². The van der Waals surface area contributed by atoms with Gasteiger partial charge in [0, 0.05) is 7.11 Å². The topological polar surface area (TPSA) is 110 Å².